The maximum absolute atomic E-state index is 5.13. The fourth-order valence-corrected chi connectivity index (χ4v) is 2.86. The molecule has 27 heavy (non-hydrogen) atoms. The van der Waals surface area contributed by atoms with Crippen LogP contribution >= 0.6 is 0 Å². The summed E-state index contributed by atoms with van der Waals surface area (Å²) >= 11 is 0. The Balaban J connectivity index is 1.92. The molecule has 0 fully saturated rings. The van der Waals surface area contributed by atoms with Crippen molar-refractivity contribution in [3.05, 3.63) is 72.3 Å². The molecule has 0 radical (unpaired) electrons. The lowest BCUT2D eigenvalue weighted by Crippen LogP contribution is -2.24. The molecule has 2 aromatic carbocycles. The van der Waals surface area contributed by atoms with Gasteiger partial charge in [0.25, 0.3) is 0 Å². The van der Waals surface area contributed by atoms with Gasteiger partial charge < -0.3 is 15.0 Å². The highest BCUT2D eigenvalue weighted by Crippen LogP contribution is 2.24. The fourth-order valence-electron chi connectivity index (χ4n) is 2.86. The number of benzene rings is 2. The van der Waals surface area contributed by atoms with Gasteiger partial charge in [-0.05, 0) is 12.5 Å². The molecule has 0 unspecified atom stereocenters. The first kappa shape index (κ1) is 18.9. The number of rotatable bonds is 9. The number of nitrogens with zero attached hydrogens (tertiary/aromatic N) is 3. The Morgan fingerprint density at radius 3 is 2.33 bits per heavy atom. The number of nitrogens with one attached hydrogen (secondary N) is 1. The highest BCUT2D eigenvalue weighted by atomic mass is 16.5. The van der Waals surface area contributed by atoms with Gasteiger partial charge in [-0.2, -0.15) is 4.98 Å². The molecule has 0 saturated carbocycles. The molecule has 1 aromatic heterocycles. The van der Waals surface area contributed by atoms with Crippen molar-refractivity contribution < 1.29 is 4.74 Å². The van der Waals surface area contributed by atoms with Gasteiger partial charge in [-0.3, -0.25) is 0 Å². The summed E-state index contributed by atoms with van der Waals surface area (Å²) < 4.78 is 5.13. The molecular formula is C22H26N4O. The van der Waals surface area contributed by atoms with Crippen molar-refractivity contribution >= 4 is 11.8 Å². The van der Waals surface area contributed by atoms with Crippen molar-refractivity contribution in [3.63, 3.8) is 0 Å². The number of methoxy groups -OCH3 is 1. The van der Waals surface area contributed by atoms with Gasteiger partial charge in [0, 0.05) is 38.4 Å². The minimum atomic E-state index is 0.607. The maximum Gasteiger partial charge on any atom is 0.225 e. The molecule has 0 amide bonds. The molecule has 140 valence electrons. The Kier molecular flexibility index (Phi) is 6.77. The molecular weight excluding hydrogens is 336 g/mol. The summed E-state index contributed by atoms with van der Waals surface area (Å²) in [4.78, 5) is 11.7. The predicted molar refractivity (Wildman–Crippen MR) is 111 cm³/mol. The van der Waals surface area contributed by atoms with E-state index >= 15 is 0 Å². The van der Waals surface area contributed by atoms with Gasteiger partial charge in [0.2, 0.25) is 5.95 Å². The quantitative estimate of drug-likeness (QED) is 0.577. The van der Waals surface area contributed by atoms with E-state index in [1.54, 1.807) is 7.11 Å². The minimum Gasteiger partial charge on any atom is -0.383 e. The lowest BCUT2D eigenvalue weighted by Gasteiger charge is -2.23. The Bertz CT molecular complexity index is 824. The van der Waals surface area contributed by atoms with E-state index in [-0.39, 0.29) is 0 Å². The second-order valence-electron chi connectivity index (χ2n) is 6.22. The van der Waals surface area contributed by atoms with Gasteiger partial charge in [-0.25, -0.2) is 4.98 Å². The van der Waals surface area contributed by atoms with Gasteiger partial charge in [0.15, 0.2) is 0 Å². The molecule has 0 aliphatic heterocycles. The van der Waals surface area contributed by atoms with Crippen LogP contribution in [0.5, 0.6) is 0 Å². The van der Waals surface area contributed by atoms with Crippen molar-refractivity contribution in [3.8, 4) is 11.3 Å². The third-order valence-electron chi connectivity index (χ3n) is 4.29. The van der Waals surface area contributed by atoms with Crippen LogP contribution in [-0.4, -0.2) is 36.8 Å². The smallest absolute Gasteiger partial charge is 0.225 e. The average molecular weight is 362 g/mol. The van der Waals surface area contributed by atoms with E-state index in [1.807, 2.05) is 24.3 Å². The normalized spacial score (nSPS) is 10.6. The zero-order chi connectivity index (χ0) is 18.9. The molecule has 1 heterocycles. The Morgan fingerprint density at radius 1 is 0.963 bits per heavy atom. The van der Waals surface area contributed by atoms with Gasteiger partial charge in [0.05, 0.1) is 12.3 Å². The third-order valence-corrected chi connectivity index (χ3v) is 4.29. The van der Waals surface area contributed by atoms with Gasteiger partial charge in [0.1, 0.15) is 5.82 Å². The second-order valence-corrected chi connectivity index (χ2v) is 6.22. The molecule has 5 heteroatoms. The van der Waals surface area contributed by atoms with E-state index in [4.69, 9.17) is 14.7 Å². The molecule has 1 N–H and O–H groups in total. The molecule has 0 atom stereocenters. The summed E-state index contributed by atoms with van der Waals surface area (Å²) in [5.74, 6) is 1.53. The third kappa shape index (κ3) is 5.28. The van der Waals surface area contributed by atoms with Crippen LogP contribution in [0.15, 0.2) is 66.7 Å². The van der Waals surface area contributed by atoms with Gasteiger partial charge in [-0.15, -0.1) is 0 Å². The second kappa shape index (κ2) is 9.69. The zero-order valence-corrected chi connectivity index (χ0v) is 15.9. The summed E-state index contributed by atoms with van der Waals surface area (Å²) in [6.45, 7) is 5.08. The van der Waals surface area contributed by atoms with Crippen molar-refractivity contribution in [2.75, 3.05) is 37.0 Å². The maximum atomic E-state index is 5.13. The Hall–Kier alpha value is -2.92. The first-order chi connectivity index (χ1) is 13.3. The Labute approximate surface area is 161 Å². The van der Waals surface area contributed by atoms with Crippen molar-refractivity contribution in [1.82, 2.24) is 9.97 Å². The van der Waals surface area contributed by atoms with Crippen LogP contribution in [0.4, 0.5) is 11.8 Å². The molecule has 5 nitrogen and oxygen atoms in total. The number of anilines is 2. The number of hydrogen-bond acceptors (Lipinski definition) is 5. The lowest BCUT2D eigenvalue weighted by molar-refractivity contribution is 0.210. The predicted octanol–water partition coefficient (Wildman–Crippen LogP) is 4.23. The zero-order valence-electron chi connectivity index (χ0n) is 15.9. The highest BCUT2D eigenvalue weighted by molar-refractivity contribution is 5.64. The van der Waals surface area contributed by atoms with Crippen molar-refractivity contribution in [1.29, 1.82) is 0 Å². The van der Waals surface area contributed by atoms with Crippen LogP contribution in [0.2, 0.25) is 0 Å². The van der Waals surface area contributed by atoms with Crippen LogP contribution in [0.1, 0.15) is 12.5 Å². The fraction of sp³-hybridized carbons (Fsp3) is 0.273. The molecule has 0 aliphatic rings. The van der Waals surface area contributed by atoms with E-state index in [2.05, 4.69) is 59.6 Å². The summed E-state index contributed by atoms with van der Waals surface area (Å²) in [6, 6.07) is 22.7. The molecule has 0 spiro atoms. The van der Waals surface area contributed by atoms with Gasteiger partial charge >= 0.3 is 0 Å². The molecule has 3 aromatic rings. The number of ether oxygens (including phenoxy) is 1. The van der Waals surface area contributed by atoms with E-state index in [1.165, 1.54) is 5.56 Å². The van der Waals surface area contributed by atoms with Crippen LogP contribution in [0.3, 0.4) is 0 Å². The first-order valence-electron chi connectivity index (χ1n) is 9.26. The first-order valence-corrected chi connectivity index (χ1v) is 9.26. The monoisotopic (exact) mass is 362 g/mol. The highest BCUT2D eigenvalue weighted by Gasteiger charge is 2.12. The van der Waals surface area contributed by atoms with E-state index in [0.29, 0.717) is 19.1 Å². The van der Waals surface area contributed by atoms with Crippen LogP contribution in [-0.2, 0) is 11.3 Å². The lowest BCUT2D eigenvalue weighted by atomic mass is 10.1. The van der Waals surface area contributed by atoms with E-state index in [0.717, 1.165) is 30.2 Å². The SMILES string of the molecule is CCN(Cc1ccccc1)c1cc(-c2ccccc2)nc(NCCOC)n1. The van der Waals surface area contributed by atoms with Crippen LogP contribution in [0, 0.1) is 0 Å². The standard InChI is InChI=1S/C22H26N4O/c1-3-26(17-18-10-6-4-7-11-18)21-16-20(19-12-8-5-9-13-19)24-22(25-21)23-14-15-27-2/h4-13,16H,3,14-15,17H2,1-2H3,(H,23,24,25). The number of hydrogen-bond donors (Lipinski definition) is 1. The average Bonchev–Trinajstić information content (AvgIpc) is 2.73. The topological polar surface area (TPSA) is 50.3 Å². The summed E-state index contributed by atoms with van der Waals surface area (Å²) in [7, 11) is 1.69. The molecule has 3 rings (SSSR count). The summed E-state index contributed by atoms with van der Waals surface area (Å²) in [5.41, 5.74) is 3.24. The summed E-state index contributed by atoms with van der Waals surface area (Å²) in [5, 5.41) is 3.27. The summed E-state index contributed by atoms with van der Waals surface area (Å²) in [6.07, 6.45) is 0. The van der Waals surface area contributed by atoms with Crippen molar-refractivity contribution in [2.24, 2.45) is 0 Å². The largest absolute Gasteiger partial charge is 0.383 e. The van der Waals surface area contributed by atoms with Crippen LogP contribution in [0.25, 0.3) is 11.3 Å². The van der Waals surface area contributed by atoms with Crippen molar-refractivity contribution in [2.45, 2.75) is 13.5 Å². The number of aromatic nitrogens is 2. The molecule has 0 aliphatic carbocycles. The van der Waals surface area contributed by atoms with Crippen LogP contribution < -0.4 is 10.2 Å². The van der Waals surface area contributed by atoms with E-state index < -0.39 is 0 Å². The Morgan fingerprint density at radius 2 is 1.67 bits per heavy atom. The molecule has 0 saturated heterocycles. The minimum absolute atomic E-state index is 0.607. The molecule has 0 bridgehead atoms. The van der Waals surface area contributed by atoms with Gasteiger partial charge in [-0.1, -0.05) is 60.7 Å². The van der Waals surface area contributed by atoms with E-state index in [9.17, 15) is 0 Å².